The molecule has 1 heterocycles. The minimum atomic E-state index is -0.272. The first kappa shape index (κ1) is 17.4. The van der Waals surface area contributed by atoms with E-state index in [0.29, 0.717) is 18.9 Å². The Balaban J connectivity index is 1.87. The molecule has 0 aliphatic carbocycles. The molecule has 0 N–H and O–H groups in total. The van der Waals surface area contributed by atoms with Gasteiger partial charge < -0.3 is 9.80 Å². The van der Waals surface area contributed by atoms with E-state index in [9.17, 15) is 14.0 Å². The number of halogens is 1. The van der Waals surface area contributed by atoms with Crippen LogP contribution in [0.1, 0.15) is 32.3 Å². The molecule has 5 heteroatoms. The number of carbonyl (C=O) groups is 2. The van der Waals surface area contributed by atoms with Gasteiger partial charge in [-0.25, -0.2) is 4.39 Å². The van der Waals surface area contributed by atoms with Crippen LogP contribution >= 0.6 is 0 Å². The molecule has 0 aromatic heterocycles. The quantitative estimate of drug-likeness (QED) is 0.836. The van der Waals surface area contributed by atoms with Crippen LogP contribution in [0, 0.1) is 11.7 Å². The van der Waals surface area contributed by atoms with Crippen LogP contribution in [0.4, 0.5) is 4.39 Å². The summed E-state index contributed by atoms with van der Waals surface area (Å²) in [6.45, 7) is 5.85. The van der Waals surface area contributed by atoms with Gasteiger partial charge in [-0.2, -0.15) is 0 Å². The van der Waals surface area contributed by atoms with Crippen molar-refractivity contribution < 1.29 is 14.0 Å². The lowest BCUT2D eigenvalue weighted by Crippen LogP contribution is -2.45. The number of piperidine rings is 1. The molecule has 0 spiro atoms. The molecule has 0 unspecified atom stereocenters. The number of amides is 2. The van der Waals surface area contributed by atoms with Crippen LogP contribution in [0.2, 0.25) is 0 Å². The van der Waals surface area contributed by atoms with E-state index in [2.05, 4.69) is 6.92 Å². The largest absolute Gasteiger partial charge is 0.341 e. The van der Waals surface area contributed by atoms with Crippen molar-refractivity contribution in [1.82, 2.24) is 9.80 Å². The molecule has 0 bridgehead atoms. The maximum atomic E-state index is 12.9. The molecule has 4 nitrogen and oxygen atoms in total. The highest BCUT2D eigenvalue weighted by Gasteiger charge is 2.22. The zero-order valence-electron chi connectivity index (χ0n) is 13.9. The van der Waals surface area contributed by atoms with Crippen LogP contribution in [0.5, 0.6) is 0 Å². The SMILES string of the molecule is CC(=O)N(CCc1ccc(F)cc1)CC(=O)N1CCC(C)CC1. The Kier molecular flexibility index (Phi) is 6.13. The summed E-state index contributed by atoms with van der Waals surface area (Å²) in [7, 11) is 0. The van der Waals surface area contributed by atoms with E-state index in [1.165, 1.54) is 19.1 Å². The fourth-order valence-corrected chi connectivity index (χ4v) is 2.78. The van der Waals surface area contributed by atoms with Crippen molar-refractivity contribution >= 4 is 11.8 Å². The minimum absolute atomic E-state index is 0.0196. The Bertz CT molecular complexity index is 536. The van der Waals surface area contributed by atoms with Crippen LogP contribution in [-0.4, -0.2) is 47.8 Å². The lowest BCUT2D eigenvalue weighted by Gasteiger charge is -2.32. The molecule has 1 aromatic rings. The predicted octanol–water partition coefficient (Wildman–Crippen LogP) is 2.48. The third kappa shape index (κ3) is 5.34. The summed E-state index contributed by atoms with van der Waals surface area (Å²) in [5, 5.41) is 0. The summed E-state index contributed by atoms with van der Waals surface area (Å²) < 4.78 is 12.9. The van der Waals surface area contributed by atoms with Gasteiger partial charge in [-0.3, -0.25) is 9.59 Å². The minimum Gasteiger partial charge on any atom is -0.341 e. The monoisotopic (exact) mass is 320 g/mol. The van der Waals surface area contributed by atoms with Crippen molar-refractivity contribution in [2.24, 2.45) is 5.92 Å². The molecular formula is C18H25FN2O2. The lowest BCUT2D eigenvalue weighted by molar-refractivity contribution is -0.140. The fraction of sp³-hybridized carbons (Fsp3) is 0.556. The molecule has 2 amide bonds. The number of rotatable bonds is 5. The highest BCUT2D eigenvalue weighted by Crippen LogP contribution is 2.16. The second-order valence-electron chi connectivity index (χ2n) is 6.38. The first-order valence-electron chi connectivity index (χ1n) is 8.23. The van der Waals surface area contributed by atoms with Crippen LogP contribution < -0.4 is 0 Å². The third-order valence-electron chi connectivity index (χ3n) is 4.49. The number of hydrogen-bond acceptors (Lipinski definition) is 2. The summed E-state index contributed by atoms with van der Waals surface area (Å²) in [5.74, 6) is 0.310. The van der Waals surface area contributed by atoms with Crippen LogP contribution in [0.3, 0.4) is 0 Å². The van der Waals surface area contributed by atoms with E-state index >= 15 is 0 Å². The zero-order chi connectivity index (χ0) is 16.8. The third-order valence-corrected chi connectivity index (χ3v) is 4.49. The van der Waals surface area contributed by atoms with Gasteiger partial charge in [0.25, 0.3) is 0 Å². The summed E-state index contributed by atoms with van der Waals surface area (Å²) in [6, 6.07) is 6.24. The average molecular weight is 320 g/mol. The maximum Gasteiger partial charge on any atom is 0.242 e. The van der Waals surface area contributed by atoms with Crippen molar-refractivity contribution in [3.05, 3.63) is 35.6 Å². The van der Waals surface area contributed by atoms with E-state index in [1.807, 2.05) is 4.90 Å². The van der Waals surface area contributed by atoms with Gasteiger partial charge in [-0.05, 0) is 42.9 Å². The van der Waals surface area contributed by atoms with Crippen LogP contribution in [0.25, 0.3) is 0 Å². The topological polar surface area (TPSA) is 40.6 Å². The van der Waals surface area contributed by atoms with Crippen molar-refractivity contribution in [2.45, 2.75) is 33.1 Å². The molecule has 1 fully saturated rings. The van der Waals surface area contributed by atoms with Crippen molar-refractivity contribution in [3.8, 4) is 0 Å². The van der Waals surface area contributed by atoms with Crippen molar-refractivity contribution in [1.29, 1.82) is 0 Å². The van der Waals surface area contributed by atoms with E-state index in [1.54, 1.807) is 17.0 Å². The summed E-state index contributed by atoms with van der Waals surface area (Å²) in [6.07, 6.45) is 2.67. The Hall–Kier alpha value is -1.91. The molecule has 0 saturated carbocycles. The molecule has 0 radical (unpaired) electrons. The number of hydrogen-bond donors (Lipinski definition) is 0. The van der Waals surface area contributed by atoms with Gasteiger partial charge in [-0.15, -0.1) is 0 Å². The second-order valence-corrected chi connectivity index (χ2v) is 6.38. The first-order valence-corrected chi connectivity index (χ1v) is 8.23. The Morgan fingerprint density at radius 3 is 2.39 bits per heavy atom. The molecule has 1 aliphatic rings. The first-order chi connectivity index (χ1) is 11.0. The molecule has 2 rings (SSSR count). The zero-order valence-corrected chi connectivity index (χ0v) is 13.9. The Morgan fingerprint density at radius 2 is 1.83 bits per heavy atom. The van der Waals surface area contributed by atoms with Gasteiger partial charge in [-0.1, -0.05) is 19.1 Å². The fourth-order valence-electron chi connectivity index (χ4n) is 2.78. The van der Waals surface area contributed by atoms with Gasteiger partial charge in [0.2, 0.25) is 11.8 Å². The van der Waals surface area contributed by atoms with Crippen LogP contribution in [0.15, 0.2) is 24.3 Å². The smallest absolute Gasteiger partial charge is 0.242 e. The number of likely N-dealkylation sites (tertiary alicyclic amines) is 1. The highest BCUT2D eigenvalue weighted by molar-refractivity contribution is 5.83. The highest BCUT2D eigenvalue weighted by atomic mass is 19.1. The second kappa shape index (κ2) is 8.09. The van der Waals surface area contributed by atoms with Gasteiger partial charge in [0.1, 0.15) is 5.82 Å². The molecular weight excluding hydrogens is 295 g/mol. The van der Waals surface area contributed by atoms with Gasteiger partial charge in [0.15, 0.2) is 0 Å². The van der Waals surface area contributed by atoms with Gasteiger partial charge in [0.05, 0.1) is 6.54 Å². The van der Waals surface area contributed by atoms with E-state index in [-0.39, 0.29) is 24.2 Å². The molecule has 1 aromatic carbocycles. The van der Waals surface area contributed by atoms with E-state index in [4.69, 9.17) is 0 Å². The van der Waals surface area contributed by atoms with Crippen molar-refractivity contribution in [3.63, 3.8) is 0 Å². The molecule has 1 saturated heterocycles. The lowest BCUT2D eigenvalue weighted by atomic mass is 9.99. The normalized spacial score (nSPS) is 15.5. The van der Waals surface area contributed by atoms with Crippen molar-refractivity contribution in [2.75, 3.05) is 26.2 Å². The standard InChI is InChI=1S/C18H25FN2O2/c1-14-7-10-20(11-8-14)18(23)13-21(15(2)22)12-9-16-3-5-17(19)6-4-16/h3-6,14H,7-13H2,1-2H3. The van der Waals surface area contributed by atoms with E-state index in [0.717, 1.165) is 31.5 Å². The average Bonchev–Trinajstić information content (AvgIpc) is 2.53. The van der Waals surface area contributed by atoms with Crippen LogP contribution in [-0.2, 0) is 16.0 Å². The molecule has 23 heavy (non-hydrogen) atoms. The number of carbonyl (C=O) groups excluding carboxylic acids is 2. The molecule has 126 valence electrons. The Morgan fingerprint density at radius 1 is 1.22 bits per heavy atom. The summed E-state index contributed by atoms with van der Waals surface area (Å²) >= 11 is 0. The van der Waals surface area contributed by atoms with Gasteiger partial charge in [0, 0.05) is 26.6 Å². The van der Waals surface area contributed by atoms with Gasteiger partial charge >= 0.3 is 0 Å². The number of nitrogens with zero attached hydrogens (tertiary/aromatic N) is 2. The molecule has 1 aliphatic heterocycles. The summed E-state index contributed by atoms with van der Waals surface area (Å²) in [5.41, 5.74) is 0.955. The summed E-state index contributed by atoms with van der Waals surface area (Å²) in [4.78, 5) is 27.6. The Labute approximate surface area is 137 Å². The maximum absolute atomic E-state index is 12.9. The number of benzene rings is 1. The molecule has 0 atom stereocenters. The predicted molar refractivity (Wildman–Crippen MR) is 87.3 cm³/mol. The van der Waals surface area contributed by atoms with E-state index < -0.39 is 0 Å².